The molecule has 0 saturated carbocycles. The summed E-state index contributed by atoms with van der Waals surface area (Å²) in [7, 11) is 0. The first-order valence-corrected chi connectivity index (χ1v) is 14.1. The second kappa shape index (κ2) is 28.0. The first-order chi connectivity index (χ1) is 14.4. The molecule has 0 bridgehead atoms. The summed E-state index contributed by atoms with van der Waals surface area (Å²) in [5.41, 5.74) is 0. The Kier molecular flexibility index (Phi) is 27.9. The summed E-state index contributed by atoms with van der Waals surface area (Å²) in [5.74, 6) is 0. The Morgan fingerprint density at radius 3 is 0.724 bits per heavy atom. The van der Waals surface area contributed by atoms with E-state index in [1.165, 1.54) is 167 Å². The Hall–Kier alpha value is -0.0400. The van der Waals surface area contributed by atoms with Crippen LogP contribution in [0.3, 0.4) is 0 Å². The molecule has 0 spiro atoms. The minimum Gasteiger partial charge on any atom is -0.317 e. The van der Waals surface area contributed by atoms with Crippen LogP contribution in [0.5, 0.6) is 0 Å². The third kappa shape index (κ3) is 28.0. The predicted octanol–water partition coefficient (Wildman–Crippen LogP) is 9.98. The van der Waals surface area contributed by atoms with Gasteiger partial charge in [-0.2, -0.15) is 0 Å². The molecule has 0 aromatic heterocycles. The number of nitrogens with one attached hydrogen (secondary N) is 1. The predicted molar refractivity (Wildman–Crippen MR) is 135 cm³/mol. The first-order valence-electron chi connectivity index (χ1n) is 14.1. The number of unbranched alkanes of at least 4 members (excludes halogenated alkanes) is 22. The van der Waals surface area contributed by atoms with Crippen molar-refractivity contribution in [3.05, 3.63) is 0 Å². The maximum atomic E-state index is 3.66. The third-order valence-corrected chi connectivity index (χ3v) is 6.41. The maximum absolute atomic E-state index is 3.66. The summed E-state index contributed by atoms with van der Waals surface area (Å²) in [6.45, 7) is 7.09. The molecule has 0 rings (SSSR count). The van der Waals surface area contributed by atoms with E-state index in [2.05, 4.69) is 19.2 Å². The summed E-state index contributed by atoms with van der Waals surface area (Å²) in [6, 6.07) is 0. The Morgan fingerprint density at radius 2 is 0.483 bits per heavy atom. The summed E-state index contributed by atoms with van der Waals surface area (Å²) >= 11 is 0. The van der Waals surface area contributed by atoms with Crippen molar-refractivity contribution in [1.29, 1.82) is 0 Å². The molecular weight excluding hydrogens is 350 g/mol. The van der Waals surface area contributed by atoms with Crippen molar-refractivity contribution in [2.45, 2.75) is 168 Å². The molecule has 1 N–H and O–H groups in total. The number of hydrogen-bond donors (Lipinski definition) is 1. The number of rotatable bonds is 26. The highest BCUT2D eigenvalue weighted by Crippen LogP contribution is 2.13. The van der Waals surface area contributed by atoms with Crippen molar-refractivity contribution in [1.82, 2.24) is 5.32 Å². The Bertz CT molecular complexity index is 237. The van der Waals surface area contributed by atoms with Gasteiger partial charge in [0.1, 0.15) is 0 Å². The van der Waals surface area contributed by atoms with Gasteiger partial charge >= 0.3 is 0 Å². The summed E-state index contributed by atoms with van der Waals surface area (Å²) in [6.07, 6.45) is 34.8. The SMILES string of the molecule is CCCCCCCCCCCCCCCNCCCCCCCCCCCCC. The van der Waals surface area contributed by atoms with Crippen LogP contribution in [-0.2, 0) is 0 Å². The van der Waals surface area contributed by atoms with E-state index >= 15 is 0 Å². The van der Waals surface area contributed by atoms with Gasteiger partial charge in [0, 0.05) is 0 Å². The lowest BCUT2D eigenvalue weighted by atomic mass is 10.0. The van der Waals surface area contributed by atoms with E-state index in [1.807, 2.05) is 0 Å². The van der Waals surface area contributed by atoms with Gasteiger partial charge in [-0.1, -0.05) is 155 Å². The van der Waals surface area contributed by atoms with Crippen LogP contribution < -0.4 is 5.32 Å². The van der Waals surface area contributed by atoms with Gasteiger partial charge in [0.05, 0.1) is 0 Å². The van der Waals surface area contributed by atoms with Crippen LogP contribution in [0, 0.1) is 0 Å². The molecular formula is C28H59N. The van der Waals surface area contributed by atoms with Gasteiger partial charge < -0.3 is 5.32 Å². The van der Waals surface area contributed by atoms with Crippen LogP contribution in [0.1, 0.15) is 168 Å². The lowest BCUT2D eigenvalue weighted by Crippen LogP contribution is -2.16. The molecule has 0 aromatic rings. The first kappa shape index (κ1) is 29.0. The zero-order valence-electron chi connectivity index (χ0n) is 20.9. The van der Waals surface area contributed by atoms with E-state index in [9.17, 15) is 0 Å². The topological polar surface area (TPSA) is 12.0 Å². The van der Waals surface area contributed by atoms with E-state index in [-0.39, 0.29) is 0 Å². The largest absolute Gasteiger partial charge is 0.317 e. The van der Waals surface area contributed by atoms with Gasteiger partial charge in [0.2, 0.25) is 0 Å². The molecule has 0 fully saturated rings. The fourth-order valence-corrected chi connectivity index (χ4v) is 4.31. The number of hydrogen-bond acceptors (Lipinski definition) is 1. The lowest BCUT2D eigenvalue weighted by Gasteiger charge is -2.06. The monoisotopic (exact) mass is 409 g/mol. The quantitative estimate of drug-likeness (QED) is 0.140. The fourth-order valence-electron chi connectivity index (χ4n) is 4.31. The van der Waals surface area contributed by atoms with E-state index in [0.717, 1.165) is 0 Å². The van der Waals surface area contributed by atoms with E-state index in [1.54, 1.807) is 0 Å². The van der Waals surface area contributed by atoms with Crippen molar-refractivity contribution in [3.63, 3.8) is 0 Å². The molecule has 176 valence electrons. The van der Waals surface area contributed by atoms with Gasteiger partial charge in [-0.25, -0.2) is 0 Å². The molecule has 1 heteroatoms. The second-order valence-corrected chi connectivity index (χ2v) is 9.53. The molecule has 0 radical (unpaired) electrons. The lowest BCUT2D eigenvalue weighted by molar-refractivity contribution is 0.521. The molecule has 0 unspecified atom stereocenters. The van der Waals surface area contributed by atoms with Crippen molar-refractivity contribution in [2.24, 2.45) is 0 Å². The molecule has 29 heavy (non-hydrogen) atoms. The molecule has 0 heterocycles. The smallest absolute Gasteiger partial charge is 0.00489 e. The van der Waals surface area contributed by atoms with Crippen molar-refractivity contribution < 1.29 is 0 Å². The molecule has 1 nitrogen and oxygen atoms in total. The van der Waals surface area contributed by atoms with Crippen LogP contribution in [0.15, 0.2) is 0 Å². The maximum Gasteiger partial charge on any atom is -0.00489 e. The minimum atomic E-state index is 1.25. The van der Waals surface area contributed by atoms with Gasteiger partial charge in [-0.15, -0.1) is 0 Å². The van der Waals surface area contributed by atoms with E-state index in [4.69, 9.17) is 0 Å². The van der Waals surface area contributed by atoms with Crippen molar-refractivity contribution >= 4 is 0 Å². The molecule has 0 aliphatic heterocycles. The average molecular weight is 410 g/mol. The van der Waals surface area contributed by atoms with Gasteiger partial charge in [0.15, 0.2) is 0 Å². The second-order valence-electron chi connectivity index (χ2n) is 9.53. The molecule has 0 aliphatic carbocycles. The Morgan fingerprint density at radius 1 is 0.276 bits per heavy atom. The molecule has 0 amide bonds. The highest BCUT2D eigenvalue weighted by molar-refractivity contribution is 4.53. The van der Waals surface area contributed by atoms with Gasteiger partial charge in [0.25, 0.3) is 0 Å². The van der Waals surface area contributed by atoms with Gasteiger partial charge in [-0.3, -0.25) is 0 Å². The fraction of sp³-hybridized carbons (Fsp3) is 1.00. The van der Waals surface area contributed by atoms with Crippen LogP contribution in [0.2, 0.25) is 0 Å². The van der Waals surface area contributed by atoms with Crippen molar-refractivity contribution in [2.75, 3.05) is 13.1 Å². The minimum absolute atomic E-state index is 1.25. The van der Waals surface area contributed by atoms with Crippen LogP contribution in [0.25, 0.3) is 0 Å². The third-order valence-electron chi connectivity index (χ3n) is 6.41. The molecule has 0 atom stereocenters. The highest BCUT2D eigenvalue weighted by atomic mass is 14.8. The average Bonchev–Trinajstić information content (AvgIpc) is 2.74. The standard InChI is InChI=1S/C28H59N/c1-3-5-7-9-11-13-15-16-18-20-22-24-26-28-29-27-25-23-21-19-17-14-12-10-8-6-4-2/h29H,3-28H2,1-2H3. The van der Waals surface area contributed by atoms with Crippen molar-refractivity contribution in [3.8, 4) is 0 Å². The van der Waals surface area contributed by atoms with E-state index < -0.39 is 0 Å². The van der Waals surface area contributed by atoms with Crippen LogP contribution in [0.4, 0.5) is 0 Å². The van der Waals surface area contributed by atoms with Crippen LogP contribution >= 0.6 is 0 Å². The summed E-state index contributed by atoms with van der Waals surface area (Å²) in [5, 5.41) is 3.66. The van der Waals surface area contributed by atoms with E-state index in [0.29, 0.717) is 0 Å². The summed E-state index contributed by atoms with van der Waals surface area (Å²) in [4.78, 5) is 0. The molecule has 0 saturated heterocycles. The zero-order chi connectivity index (χ0) is 21.1. The normalized spacial score (nSPS) is 11.4. The summed E-state index contributed by atoms with van der Waals surface area (Å²) < 4.78 is 0. The molecule has 0 aromatic carbocycles. The van der Waals surface area contributed by atoms with Crippen LogP contribution in [-0.4, -0.2) is 13.1 Å². The Balaban J connectivity index is 2.97. The Labute approximate surface area is 186 Å². The zero-order valence-corrected chi connectivity index (χ0v) is 20.9. The van der Waals surface area contributed by atoms with Gasteiger partial charge in [-0.05, 0) is 25.9 Å². The highest BCUT2D eigenvalue weighted by Gasteiger charge is 1.95. The molecule has 0 aliphatic rings.